The number of fused-ring (bicyclic) bond motifs is 5. The van der Waals surface area contributed by atoms with Crippen LogP contribution in [-0.4, -0.2) is 17.7 Å². The molecule has 4 aromatic carbocycles. The second-order valence-corrected chi connectivity index (χ2v) is 5.12. The molecule has 0 atom stereocenters. The maximum absolute atomic E-state index is 2.23. The summed E-state index contributed by atoms with van der Waals surface area (Å²) in [6.45, 7) is 0. The van der Waals surface area contributed by atoms with Crippen molar-refractivity contribution in [1.82, 2.24) is 0 Å². The fraction of sp³-hybridized carbons (Fsp3) is 0. The summed E-state index contributed by atoms with van der Waals surface area (Å²) in [6, 6.07) is 24.1. The Kier molecular flexibility index (Phi) is 2.42. The predicted molar refractivity (Wildman–Crippen MR) is 84.3 cm³/mol. The fourth-order valence-corrected chi connectivity index (χ4v) is 3.06. The topological polar surface area (TPSA) is 0 Å². The molecule has 0 nitrogen and oxygen atoms in total. The molecule has 0 amide bonds. The van der Waals surface area contributed by atoms with E-state index in [-0.39, 0.29) is 0 Å². The monoisotopic (exact) mass is 234 g/mol. The van der Waals surface area contributed by atoms with Gasteiger partial charge in [-0.3, -0.25) is 0 Å². The second kappa shape index (κ2) is 4.13. The molecule has 0 saturated carbocycles. The number of benzene rings is 4. The Balaban J connectivity index is 2.40. The quantitative estimate of drug-likeness (QED) is 0.319. The van der Waals surface area contributed by atoms with Gasteiger partial charge in [0.2, 0.25) is 0 Å². The fourth-order valence-electron chi connectivity index (χ4n) is 3.06. The molecule has 0 bridgehead atoms. The Morgan fingerprint density at radius 3 is 2.00 bits per heavy atom. The van der Waals surface area contributed by atoms with Crippen LogP contribution in [0.3, 0.4) is 0 Å². The van der Waals surface area contributed by atoms with E-state index in [0.717, 1.165) is 0 Å². The molecular formula is C18H11Li. The number of hydrogen-bond acceptors (Lipinski definition) is 0. The molecule has 0 saturated heterocycles. The van der Waals surface area contributed by atoms with Crippen LogP contribution in [-0.2, 0) is 0 Å². The van der Waals surface area contributed by atoms with E-state index in [1.54, 1.807) is 0 Å². The summed E-state index contributed by atoms with van der Waals surface area (Å²) in [7, 11) is 0. The van der Waals surface area contributed by atoms with Gasteiger partial charge in [0, 0.05) is 0 Å². The first-order valence-electron chi connectivity index (χ1n) is 6.64. The third-order valence-electron chi connectivity index (χ3n) is 3.96. The normalized spacial score (nSPS) is 11.5. The van der Waals surface area contributed by atoms with Gasteiger partial charge in [-0.2, -0.15) is 0 Å². The molecule has 19 heavy (non-hydrogen) atoms. The summed E-state index contributed by atoms with van der Waals surface area (Å²) in [5, 5.41) is 8.07. The third kappa shape index (κ3) is 1.61. The molecule has 0 radical (unpaired) electrons. The van der Waals surface area contributed by atoms with Gasteiger partial charge in [-0.1, -0.05) is 0 Å². The first-order valence-corrected chi connectivity index (χ1v) is 6.64. The van der Waals surface area contributed by atoms with Crippen molar-refractivity contribution in [2.24, 2.45) is 0 Å². The molecule has 0 spiro atoms. The Labute approximate surface area is 121 Å². The molecule has 0 heterocycles. The van der Waals surface area contributed by atoms with Crippen LogP contribution >= 0.6 is 0 Å². The molecule has 0 aliphatic rings. The van der Waals surface area contributed by atoms with Gasteiger partial charge < -0.3 is 0 Å². The average Bonchev–Trinajstić information content (AvgIpc) is 2.47. The molecule has 1 heteroatoms. The van der Waals surface area contributed by atoms with Gasteiger partial charge in [0.1, 0.15) is 0 Å². The zero-order valence-electron chi connectivity index (χ0n) is 10.9. The Hall–Kier alpha value is -1.74. The Bertz CT molecular complexity index is 917. The van der Waals surface area contributed by atoms with E-state index in [0.29, 0.717) is 0 Å². The van der Waals surface area contributed by atoms with Crippen LogP contribution in [0.1, 0.15) is 0 Å². The van der Waals surface area contributed by atoms with Crippen LogP contribution in [0.25, 0.3) is 32.3 Å². The predicted octanol–water partition coefficient (Wildman–Crippen LogP) is 3.94. The van der Waals surface area contributed by atoms with E-state index in [2.05, 4.69) is 84.4 Å². The van der Waals surface area contributed by atoms with E-state index in [4.69, 9.17) is 0 Å². The third-order valence-corrected chi connectivity index (χ3v) is 3.96. The van der Waals surface area contributed by atoms with E-state index in [1.807, 2.05) is 0 Å². The van der Waals surface area contributed by atoms with E-state index in [9.17, 15) is 0 Å². The summed E-state index contributed by atoms with van der Waals surface area (Å²) in [6.07, 6.45) is 0. The second-order valence-electron chi connectivity index (χ2n) is 5.12. The Morgan fingerprint density at radius 1 is 0.526 bits per heavy atom. The van der Waals surface area contributed by atoms with Crippen molar-refractivity contribution in [3.8, 4) is 0 Å². The van der Waals surface area contributed by atoms with Gasteiger partial charge in [0.25, 0.3) is 0 Å². The molecule has 0 unspecified atom stereocenters. The number of hydrogen-bond donors (Lipinski definition) is 0. The van der Waals surface area contributed by atoms with Gasteiger partial charge in [-0.25, -0.2) is 0 Å². The minimum atomic E-state index is 1.31. The molecule has 0 aromatic heterocycles. The zero-order valence-corrected chi connectivity index (χ0v) is 10.9. The van der Waals surface area contributed by atoms with Crippen molar-refractivity contribution < 1.29 is 0 Å². The maximum atomic E-state index is 2.23. The van der Waals surface area contributed by atoms with Crippen molar-refractivity contribution >= 4 is 54.3 Å². The summed E-state index contributed by atoms with van der Waals surface area (Å²) >= 11 is 2.20. The van der Waals surface area contributed by atoms with Crippen LogP contribution in [0.5, 0.6) is 0 Å². The molecule has 0 N–H and O–H groups in total. The zero-order chi connectivity index (χ0) is 12.8. The van der Waals surface area contributed by atoms with Gasteiger partial charge in [-0.05, 0) is 0 Å². The van der Waals surface area contributed by atoms with Gasteiger partial charge in [-0.15, -0.1) is 0 Å². The molecule has 84 valence electrons. The SMILES string of the molecule is [Li][c]1cccc2ccc3ccc4ccccc4c3c12. The first kappa shape index (κ1) is 11.1. The van der Waals surface area contributed by atoms with E-state index >= 15 is 0 Å². The molecule has 4 rings (SSSR count). The van der Waals surface area contributed by atoms with Crippen molar-refractivity contribution in [2.45, 2.75) is 0 Å². The van der Waals surface area contributed by atoms with Crippen LogP contribution in [0, 0.1) is 0 Å². The Morgan fingerprint density at radius 2 is 1.16 bits per heavy atom. The van der Waals surface area contributed by atoms with Crippen LogP contribution in [0.4, 0.5) is 0 Å². The van der Waals surface area contributed by atoms with E-state index in [1.165, 1.54) is 36.6 Å². The standard InChI is InChI=1S/C18H11.Li/c1-3-7-16-13(5-1)9-11-15-12-10-14-6-2-4-8-17(14)18(15)16;/h1-7,9-12H;. The van der Waals surface area contributed by atoms with Crippen molar-refractivity contribution in [3.05, 3.63) is 66.7 Å². The minimum absolute atomic E-state index is 1.31. The summed E-state index contributed by atoms with van der Waals surface area (Å²) in [5.74, 6) is 0. The molecular weight excluding hydrogens is 223 g/mol. The average molecular weight is 234 g/mol. The van der Waals surface area contributed by atoms with Crippen molar-refractivity contribution in [2.75, 3.05) is 0 Å². The van der Waals surface area contributed by atoms with Crippen molar-refractivity contribution in [3.63, 3.8) is 0 Å². The van der Waals surface area contributed by atoms with E-state index < -0.39 is 0 Å². The summed E-state index contributed by atoms with van der Waals surface area (Å²) in [5.41, 5.74) is 0. The van der Waals surface area contributed by atoms with Crippen molar-refractivity contribution in [1.29, 1.82) is 0 Å². The van der Waals surface area contributed by atoms with Crippen LogP contribution < -0.4 is 4.24 Å². The molecule has 0 aliphatic heterocycles. The number of rotatable bonds is 0. The summed E-state index contributed by atoms with van der Waals surface area (Å²) in [4.78, 5) is 0. The summed E-state index contributed by atoms with van der Waals surface area (Å²) < 4.78 is 1.35. The van der Waals surface area contributed by atoms with Crippen LogP contribution in [0.15, 0.2) is 66.7 Å². The molecule has 0 aliphatic carbocycles. The van der Waals surface area contributed by atoms with Gasteiger partial charge >= 0.3 is 121 Å². The first-order chi connectivity index (χ1) is 9.34. The molecule has 4 aromatic rings. The van der Waals surface area contributed by atoms with Gasteiger partial charge in [0.15, 0.2) is 0 Å². The van der Waals surface area contributed by atoms with Crippen LogP contribution in [0.2, 0.25) is 0 Å². The molecule has 0 fully saturated rings. The van der Waals surface area contributed by atoms with Gasteiger partial charge in [0.05, 0.1) is 0 Å².